The Hall–Kier alpha value is -2.21. The number of ether oxygens (including phenoxy) is 1. The summed E-state index contributed by atoms with van der Waals surface area (Å²) in [5.74, 6) is -1.26. The summed E-state index contributed by atoms with van der Waals surface area (Å²) in [5, 5.41) is 8.63. The number of hydrogen-bond donors (Lipinski definition) is 1. The van der Waals surface area contributed by atoms with Gasteiger partial charge in [0.15, 0.2) is 0 Å². The zero-order valence-electron chi connectivity index (χ0n) is 10.3. The van der Waals surface area contributed by atoms with E-state index in [1.54, 1.807) is 17.0 Å². The largest absolute Gasteiger partial charge is 0.478 e. The molecule has 1 aliphatic heterocycles. The summed E-state index contributed by atoms with van der Waals surface area (Å²) >= 11 is 0. The summed E-state index contributed by atoms with van der Waals surface area (Å²) in [7, 11) is 0. The highest BCUT2D eigenvalue weighted by Gasteiger charge is 2.21. The Balaban J connectivity index is 2.23. The van der Waals surface area contributed by atoms with Crippen LogP contribution in [0.25, 0.3) is 6.08 Å². The molecule has 0 aromatic carbocycles. The molecule has 0 saturated carbocycles. The maximum atomic E-state index is 12.3. The third kappa shape index (κ3) is 3.38. The van der Waals surface area contributed by atoms with Gasteiger partial charge in [0.05, 0.1) is 13.2 Å². The molecule has 100 valence electrons. The van der Waals surface area contributed by atoms with E-state index in [0.29, 0.717) is 31.9 Å². The minimum absolute atomic E-state index is 0.200. The van der Waals surface area contributed by atoms with E-state index in [0.717, 1.165) is 6.08 Å². The zero-order chi connectivity index (χ0) is 13.7. The van der Waals surface area contributed by atoms with Gasteiger partial charge in [0.25, 0.3) is 5.91 Å². The molecule has 19 heavy (non-hydrogen) atoms. The van der Waals surface area contributed by atoms with Crippen molar-refractivity contribution in [3.63, 3.8) is 0 Å². The van der Waals surface area contributed by atoms with Gasteiger partial charge in [-0.15, -0.1) is 0 Å². The van der Waals surface area contributed by atoms with E-state index in [1.807, 2.05) is 0 Å². The molecule has 6 nitrogen and oxygen atoms in total. The van der Waals surface area contributed by atoms with Crippen molar-refractivity contribution in [3.8, 4) is 0 Å². The number of hydrogen-bond acceptors (Lipinski definition) is 4. The molecule has 6 heteroatoms. The number of nitrogens with zero attached hydrogens (tertiary/aromatic N) is 2. The summed E-state index contributed by atoms with van der Waals surface area (Å²) in [5.41, 5.74) is 0.767. The highest BCUT2D eigenvalue weighted by molar-refractivity contribution is 5.97. The quantitative estimate of drug-likeness (QED) is 0.809. The molecule has 1 fully saturated rings. The Labute approximate surface area is 110 Å². The van der Waals surface area contributed by atoms with Crippen molar-refractivity contribution in [2.24, 2.45) is 0 Å². The number of pyridine rings is 1. The lowest BCUT2D eigenvalue weighted by molar-refractivity contribution is -0.131. The molecular weight excluding hydrogens is 248 g/mol. The molecule has 1 N–H and O–H groups in total. The van der Waals surface area contributed by atoms with E-state index in [9.17, 15) is 9.59 Å². The van der Waals surface area contributed by atoms with E-state index in [-0.39, 0.29) is 11.6 Å². The van der Waals surface area contributed by atoms with Crippen molar-refractivity contribution in [3.05, 3.63) is 35.7 Å². The normalized spacial score (nSPS) is 15.7. The molecule has 1 aromatic heterocycles. The van der Waals surface area contributed by atoms with Crippen molar-refractivity contribution >= 4 is 18.0 Å². The van der Waals surface area contributed by atoms with Crippen LogP contribution in [0.15, 0.2) is 24.4 Å². The third-order valence-electron chi connectivity index (χ3n) is 2.75. The Morgan fingerprint density at radius 1 is 1.37 bits per heavy atom. The average Bonchev–Trinajstić information content (AvgIpc) is 2.45. The zero-order valence-corrected chi connectivity index (χ0v) is 10.3. The maximum absolute atomic E-state index is 12.3. The van der Waals surface area contributed by atoms with E-state index < -0.39 is 5.97 Å². The van der Waals surface area contributed by atoms with Crippen LogP contribution in [0.2, 0.25) is 0 Å². The Bertz CT molecular complexity index is 507. The summed E-state index contributed by atoms with van der Waals surface area (Å²) < 4.78 is 5.19. The van der Waals surface area contributed by atoms with Crippen LogP contribution >= 0.6 is 0 Å². The van der Waals surface area contributed by atoms with Crippen molar-refractivity contribution in [1.29, 1.82) is 0 Å². The van der Waals surface area contributed by atoms with Crippen LogP contribution < -0.4 is 0 Å². The molecule has 0 unspecified atom stereocenters. The van der Waals surface area contributed by atoms with Crippen LogP contribution in [-0.4, -0.2) is 53.2 Å². The maximum Gasteiger partial charge on any atom is 0.328 e. The van der Waals surface area contributed by atoms with E-state index in [1.165, 1.54) is 12.3 Å². The van der Waals surface area contributed by atoms with Crippen molar-refractivity contribution in [2.45, 2.75) is 0 Å². The van der Waals surface area contributed by atoms with Crippen LogP contribution in [0, 0.1) is 0 Å². The minimum atomic E-state index is -1.06. The predicted molar refractivity (Wildman–Crippen MR) is 67.6 cm³/mol. The number of aromatic nitrogens is 1. The van der Waals surface area contributed by atoms with Gasteiger partial charge in [-0.25, -0.2) is 4.79 Å². The number of aliphatic carboxylic acids is 1. The lowest BCUT2D eigenvalue weighted by atomic mass is 10.1. The highest BCUT2D eigenvalue weighted by Crippen LogP contribution is 2.12. The Kier molecular flexibility index (Phi) is 4.25. The fraction of sp³-hybridized carbons (Fsp3) is 0.308. The molecule has 1 amide bonds. The van der Waals surface area contributed by atoms with Gasteiger partial charge in [0.2, 0.25) is 0 Å². The SMILES string of the molecule is O=C(O)/C=C/c1cccnc1C(=O)N1CCOCC1. The highest BCUT2D eigenvalue weighted by atomic mass is 16.5. The second-order valence-electron chi connectivity index (χ2n) is 4.02. The first-order valence-electron chi connectivity index (χ1n) is 5.91. The molecule has 0 bridgehead atoms. The van der Waals surface area contributed by atoms with Crippen LogP contribution in [0.3, 0.4) is 0 Å². The van der Waals surface area contributed by atoms with Crippen LogP contribution in [0.1, 0.15) is 16.1 Å². The van der Waals surface area contributed by atoms with Gasteiger partial charge in [0.1, 0.15) is 5.69 Å². The van der Waals surface area contributed by atoms with E-state index >= 15 is 0 Å². The average molecular weight is 262 g/mol. The number of amides is 1. The molecule has 1 aliphatic rings. The van der Waals surface area contributed by atoms with E-state index in [2.05, 4.69) is 4.98 Å². The van der Waals surface area contributed by atoms with E-state index in [4.69, 9.17) is 9.84 Å². The molecule has 1 saturated heterocycles. The van der Waals surface area contributed by atoms with Crippen molar-refractivity contribution < 1.29 is 19.4 Å². The molecule has 1 aromatic rings. The number of carboxylic acid groups (broad SMARTS) is 1. The second kappa shape index (κ2) is 6.10. The summed E-state index contributed by atoms with van der Waals surface area (Å²) in [6, 6.07) is 3.33. The van der Waals surface area contributed by atoms with Gasteiger partial charge in [-0.05, 0) is 12.1 Å². The number of carbonyl (C=O) groups is 2. The Morgan fingerprint density at radius 3 is 2.79 bits per heavy atom. The van der Waals surface area contributed by atoms with Crippen LogP contribution in [0.4, 0.5) is 0 Å². The van der Waals surface area contributed by atoms with Crippen molar-refractivity contribution in [2.75, 3.05) is 26.3 Å². The van der Waals surface area contributed by atoms with Gasteiger partial charge < -0.3 is 14.7 Å². The van der Waals surface area contributed by atoms with Crippen LogP contribution in [-0.2, 0) is 9.53 Å². The lowest BCUT2D eigenvalue weighted by Crippen LogP contribution is -2.41. The Morgan fingerprint density at radius 2 is 2.11 bits per heavy atom. The number of rotatable bonds is 3. The fourth-order valence-electron chi connectivity index (χ4n) is 1.81. The van der Waals surface area contributed by atoms with Gasteiger partial charge in [0, 0.05) is 30.9 Å². The van der Waals surface area contributed by atoms with Crippen molar-refractivity contribution in [1.82, 2.24) is 9.88 Å². The lowest BCUT2D eigenvalue weighted by Gasteiger charge is -2.26. The van der Waals surface area contributed by atoms with Gasteiger partial charge in [-0.3, -0.25) is 9.78 Å². The minimum Gasteiger partial charge on any atom is -0.478 e. The molecule has 2 heterocycles. The molecule has 0 radical (unpaired) electrons. The smallest absolute Gasteiger partial charge is 0.328 e. The number of carboxylic acids is 1. The van der Waals surface area contributed by atoms with Gasteiger partial charge >= 0.3 is 5.97 Å². The second-order valence-corrected chi connectivity index (χ2v) is 4.02. The number of carbonyl (C=O) groups excluding carboxylic acids is 1. The summed E-state index contributed by atoms with van der Waals surface area (Å²) in [6.07, 6.45) is 3.89. The first kappa shape index (κ1) is 13.2. The topological polar surface area (TPSA) is 79.7 Å². The molecule has 0 aliphatic carbocycles. The van der Waals surface area contributed by atoms with Crippen LogP contribution in [0.5, 0.6) is 0 Å². The first-order valence-corrected chi connectivity index (χ1v) is 5.91. The summed E-state index contributed by atoms with van der Waals surface area (Å²) in [6.45, 7) is 2.08. The predicted octanol–water partition coefficient (Wildman–Crippen LogP) is 0.652. The molecule has 0 spiro atoms. The first-order chi connectivity index (χ1) is 9.18. The molecular formula is C13H14N2O4. The summed E-state index contributed by atoms with van der Waals surface area (Å²) in [4.78, 5) is 28.5. The van der Waals surface area contributed by atoms with Gasteiger partial charge in [-0.2, -0.15) is 0 Å². The third-order valence-corrected chi connectivity index (χ3v) is 2.75. The molecule has 2 rings (SSSR count). The standard InChI is InChI=1S/C13H14N2O4/c16-11(17)4-3-10-2-1-5-14-12(10)13(18)15-6-8-19-9-7-15/h1-5H,6-9H2,(H,16,17)/b4-3+. The molecule has 0 atom stereocenters. The van der Waals surface area contributed by atoms with Gasteiger partial charge in [-0.1, -0.05) is 6.07 Å². The number of morpholine rings is 1. The monoisotopic (exact) mass is 262 g/mol. The fourth-order valence-corrected chi connectivity index (χ4v) is 1.81.